The van der Waals surface area contributed by atoms with Crippen molar-refractivity contribution in [1.82, 2.24) is 0 Å². The van der Waals surface area contributed by atoms with Crippen molar-refractivity contribution in [3.8, 4) is 0 Å². The smallest absolute Gasteiger partial charge is 0.264 e. The van der Waals surface area contributed by atoms with Crippen LogP contribution in [0.3, 0.4) is 0 Å². The summed E-state index contributed by atoms with van der Waals surface area (Å²) >= 11 is 0. The summed E-state index contributed by atoms with van der Waals surface area (Å²) in [4.78, 5) is 0. The molecule has 0 unspecified atom stereocenters. The Balaban J connectivity index is 2.79. The SMILES string of the molecule is C[C@@H]1O[C@@H](O)[C@H](OS(C)(=O)=O)[C@H](O)[C@H]1O. The molecule has 0 aromatic carbocycles. The Kier molecular flexibility index (Phi) is 3.69. The highest BCUT2D eigenvalue weighted by Gasteiger charge is 2.44. The highest BCUT2D eigenvalue weighted by Crippen LogP contribution is 2.22. The van der Waals surface area contributed by atoms with Gasteiger partial charge in [-0.15, -0.1) is 0 Å². The Bertz CT molecular complexity index is 313. The van der Waals surface area contributed by atoms with Crippen LogP contribution >= 0.6 is 0 Å². The van der Waals surface area contributed by atoms with Crippen LogP contribution in [0.15, 0.2) is 0 Å². The largest absolute Gasteiger partial charge is 0.388 e. The van der Waals surface area contributed by atoms with E-state index in [9.17, 15) is 23.7 Å². The van der Waals surface area contributed by atoms with E-state index in [4.69, 9.17) is 4.74 Å². The average molecular weight is 242 g/mol. The third kappa shape index (κ3) is 3.10. The van der Waals surface area contributed by atoms with Gasteiger partial charge in [0, 0.05) is 0 Å². The summed E-state index contributed by atoms with van der Waals surface area (Å²) in [5.41, 5.74) is 0. The molecule has 7 nitrogen and oxygen atoms in total. The summed E-state index contributed by atoms with van der Waals surface area (Å²) in [6, 6.07) is 0. The molecule has 90 valence electrons. The van der Waals surface area contributed by atoms with Crippen LogP contribution in [0.1, 0.15) is 6.92 Å². The number of ether oxygens (including phenoxy) is 1. The molecule has 0 radical (unpaired) electrons. The van der Waals surface area contributed by atoms with E-state index in [1.807, 2.05) is 0 Å². The number of hydrogen-bond acceptors (Lipinski definition) is 7. The molecular formula is C7H14O7S. The van der Waals surface area contributed by atoms with Gasteiger partial charge in [-0.25, -0.2) is 0 Å². The predicted octanol–water partition coefficient (Wildman–Crippen LogP) is -2.21. The molecule has 3 N–H and O–H groups in total. The maximum atomic E-state index is 10.8. The van der Waals surface area contributed by atoms with Gasteiger partial charge in [0.2, 0.25) is 0 Å². The van der Waals surface area contributed by atoms with Crippen LogP contribution in [0.4, 0.5) is 0 Å². The molecule has 5 atom stereocenters. The van der Waals surface area contributed by atoms with Crippen LogP contribution in [0.2, 0.25) is 0 Å². The Morgan fingerprint density at radius 3 is 2.20 bits per heavy atom. The molecule has 1 fully saturated rings. The van der Waals surface area contributed by atoms with Crippen LogP contribution in [0.25, 0.3) is 0 Å². The topological polar surface area (TPSA) is 113 Å². The highest BCUT2D eigenvalue weighted by molar-refractivity contribution is 7.86. The van der Waals surface area contributed by atoms with Crippen molar-refractivity contribution in [3.05, 3.63) is 0 Å². The normalized spacial score (nSPS) is 42.9. The zero-order chi connectivity index (χ0) is 11.8. The van der Waals surface area contributed by atoms with Crippen molar-refractivity contribution < 1.29 is 32.7 Å². The van der Waals surface area contributed by atoms with Gasteiger partial charge in [-0.3, -0.25) is 4.18 Å². The van der Waals surface area contributed by atoms with Gasteiger partial charge in [0.1, 0.15) is 12.2 Å². The highest BCUT2D eigenvalue weighted by atomic mass is 32.2. The fourth-order valence-corrected chi connectivity index (χ4v) is 1.94. The molecule has 1 rings (SSSR count). The van der Waals surface area contributed by atoms with Crippen molar-refractivity contribution >= 4 is 10.1 Å². The van der Waals surface area contributed by atoms with Gasteiger partial charge in [0.05, 0.1) is 12.4 Å². The third-order valence-corrected chi connectivity index (χ3v) is 2.66. The van der Waals surface area contributed by atoms with Gasteiger partial charge < -0.3 is 20.1 Å². The maximum Gasteiger partial charge on any atom is 0.264 e. The molecular weight excluding hydrogens is 228 g/mol. The summed E-state index contributed by atoms with van der Waals surface area (Å²) < 4.78 is 30.8. The second-order valence-electron chi connectivity index (χ2n) is 3.48. The van der Waals surface area contributed by atoms with Crippen molar-refractivity contribution in [2.45, 2.75) is 37.6 Å². The van der Waals surface area contributed by atoms with E-state index >= 15 is 0 Å². The van der Waals surface area contributed by atoms with Crippen LogP contribution in [0.5, 0.6) is 0 Å². The molecule has 0 aromatic heterocycles. The first-order valence-electron chi connectivity index (χ1n) is 4.30. The van der Waals surface area contributed by atoms with E-state index < -0.39 is 40.8 Å². The molecule has 1 heterocycles. The van der Waals surface area contributed by atoms with Crippen LogP contribution < -0.4 is 0 Å². The van der Waals surface area contributed by atoms with E-state index in [0.717, 1.165) is 6.26 Å². The predicted molar refractivity (Wildman–Crippen MR) is 48.3 cm³/mol. The van der Waals surface area contributed by atoms with Crippen LogP contribution in [0, 0.1) is 0 Å². The molecule has 1 aliphatic rings. The van der Waals surface area contributed by atoms with Gasteiger partial charge in [-0.1, -0.05) is 0 Å². The fraction of sp³-hybridized carbons (Fsp3) is 1.00. The Labute approximate surface area is 87.4 Å². The Hall–Kier alpha value is -0.250. The van der Waals surface area contributed by atoms with Gasteiger partial charge in [-0.2, -0.15) is 8.42 Å². The van der Waals surface area contributed by atoms with Gasteiger partial charge >= 0.3 is 0 Å². The second kappa shape index (κ2) is 4.32. The molecule has 1 saturated heterocycles. The lowest BCUT2D eigenvalue weighted by atomic mass is 10.0. The first-order chi connectivity index (χ1) is 6.72. The molecule has 0 aliphatic carbocycles. The molecule has 15 heavy (non-hydrogen) atoms. The summed E-state index contributed by atoms with van der Waals surface area (Å²) in [7, 11) is -3.84. The van der Waals surface area contributed by atoms with Gasteiger partial charge in [0.25, 0.3) is 10.1 Å². The van der Waals surface area contributed by atoms with Crippen LogP contribution in [-0.2, 0) is 19.0 Å². The summed E-state index contributed by atoms with van der Waals surface area (Å²) in [5.74, 6) is 0. The van der Waals surface area contributed by atoms with Crippen molar-refractivity contribution in [2.75, 3.05) is 6.26 Å². The molecule has 0 amide bonds. The summed E-state index contributed by atoms with van der Waals surface area (Å²) in [6.45, 7) is 1.44. The van der Waals surface area contributed by atoms with E-state index in [0.29, 0.717) is 0 Å². The summed E-state index contributed by atoms with van der Waals surface area (Å²) in [5, 5.41) is 28.1. The minimum absolute atomic E-state index is 0.775. The molecule has 0 saturated carbocycles. The quantitative estimate of drug-likeness (QED) is 0.470. The minimum atomic E-state index is -3.84. The lowest BCUT2D eigenvalue weighted by Gasteiger charge is -2.38. The van der Waals surface area contributed by atoms with Crippen molar-refractivity contribution in [3.63, 3.8) is 0 Å². The van der Waals surface area contributed by atoms with Gasteiger partial charge in [0.15, 0.2) is 12.4 Å². The van der Waals surface area contributed by atoms with E-state index in [-0.39, 0.29) is 0 Å². The first-order valence-corrected chi connectivity index (χ1v) is 6.12. The van der Waals surface area contributed by atoms with E-state index in [1.165, 1.54) is 6.92 Å². The number of hydrogen-bond donors (Lipinski definition) is 3. The fourth-order valence-electron chi connectivity index (χ4n) is 1.32. The zero-order valence-electron chi connectivity index (χ0n) is 8.27. The Morgan fingerprint density at radius 2 is 1.73 bits per heavy atom. The number of aliphatic hydroxyl groups excluding tert-OH is 3. The molecule has 0 bridgehead atoms. The maximum absolute atomic E-state index is 10.8. The molecule has 8 heteroatoms. The standard InChI is InChI=1S/C7H14O7S/c1-3-4(8)5(9)6(7(10)13-3)14-15(2,11)12/h3-10H,1-2H3/t3-,4-,5+,6+,7+/m0/s1. The van der Waals surface area contributed by atoms with E-state index in [1.54, 1.807) is 0 Å². The number of aliphatic hydroxyl groups is 3. The minimum Gasteiger partial charge on any atom is -0.388 e. The lowest BCUT2D eigenvalue weighted by Crippen LogP contribution is -2.57. The lowest BCUT2D eigenvalue weighted by molar-refractivity contribution is -0.270. The monoisotopic (exact) mass is 242 g/mol. The van der Waals surface area contributed by atoms with Crippen molar-refractivity contribution in [1.29, 1.82) is 0 Å². The third-order valence-electron chi connectivity index (χ3n) is 2.09. The van der Waals surface area contributed by atoms with Crippen molar-refractivity contribution in [2.24, 2.45) is 0 Å². The summed E-state index contributed by atoms with van der Waals surface area (Å²) in [6.07, 6.45) is -5.94. The van der Waals surface area contributed by atoms with Crippen LogP contribution in [-0.4, -0.2) is 60.7 Å². The number of rotatable bonds is 2. The first kappa shape index (κ1) is 12.8. The molecule has 0 aromatic rings. The van der Waals surface area contributed by atoms with E-state index in [2.05, 4.69) is 4.18 Å². The zero-order valence-corrected chi connectivity index (χ0v) is 9.09. The second-order valence-corrected chi connectivity index (χ2v) is 5.08. The molecule has 0 spiro atoms. The van der Waals surface area contributed by atoms with Gasteiger partial charge in [-0.05, 0) is 6.92 Å². The average Bonchev–Trinajstić information content (AvgIpc) is 2.07. The Morgan fingerprint density at radius 1 is 1.20 bits per heavy atom. The molecule has 1 aliphatic heterocycles.